The highest BCUT2D eigenvalue weighted by Crippen LogP contribution is 2.28. The van der Waals surface area contributed by atoms with E-state index in [1.807, 2.05) is 36.4 Å². The minimum absolute atomic E-state index is 0.00260. The number of hydrogen-bond acceptors (Lipinski definition) is 5. The average molecular weight is 335 g/mol. The number of para-hydroxylation sites is 1. The summed E-state index contributed by atoms with van der Waals surface area (Å²) in [4.78, 5) is 19.0. The van der Waals surface area contributed by atoms with Crippen LogP contribution in [-0.4, -0.2) is 30.6 Å². The number of rotatable bonds is 4. The number of fused-ring (bicyclic) bond motifs is 1. The Morgan fingerprint density at radius 2 is 2.08 bits per heavy atom. The van der Waals surface area contributed by atoms with Crippen LogP contribution in [0.2, 0.25) is 0 Å². The quantitative estimate of drug-likeness (QED) is 0.484. The molecule has 0 unspecified atom stereocenters. The molecule has 25 heavy (non-hydrogen) atoms. The number of carbonyl (C=O) groups excluding carboxylic acids is 1. The van der Waals surface area contributed by atoms with Crippen LogP contribution in [0, 0.1) is 11.3 Å². The van der Waals surface area contributed by atoms with Crippen LogP contribution in [0.5, 0.6) is 0 Å². The SMILES string of the molecule is CCOC(=O)C(C#N)=Cc1cc2ccccc2nc1N1CCCCC1. The summed E-state index contributed by atoms with van der Waals surface area (Å²) in [6.07, 6.45) is 5.07. The van der Waals surface area contributed by atoms with Gasteiger partial charge in [-0.05, 0) is 44.4 Å². The number of piperidine rings is 1. The van der Waals surface area contributed by atoms with Crippen LogP contribution in [0.15, 0.2) is 35.9 Å². The molecular weight excluding hydrogens is 314 g/mol. The lowest BCUT2D eigenvalue weighted by atomic mass is 10.1. The van der Waals surface area contributed by atoms with Gasteiger partial charge in [-0.1, -0.05) is 18.2 Å². The Kier molecular flexibility index (Phi) is 5.30. The van der Waals surface area contributed by atoms with Crippen molar-refractivity contribution < 1.29 is 9.53 Å². The first-order chi connectivity index (χ1) is 12.2. The third-order valence-electron chi connectivity index (χ3n) is 4.30. The normalized spacial score (nSPS) is 15.0. The first kappa shape index (κ1) is 17.0. The molecule has 1 aromatic heterocycles. The van der Waals surface area contributed by atoms with Crippen molar-refractivity contribution in [1.82, 2.24) is 4.98 Å². The van der Waals surface area contributed by atoms with Crippen molar-refractivity contribution in [3.63, 3.8) is 0 Å². The molecule has 3 rings (SSSR count). The van der Waals surface area contributed by atoms with Crippen molar-refractivity contribution in [2.45, 2.75) is 26.2 Å². The molecule has 128 valence electrons. The minimum atomic E-state index is -0.595. The molecule has 0 spiro atoms. The largest absolute Gasteiger partial charge is 0.462 e. The maximum atomic E-state index is 12.0. The predicted octanol–water partition coefficient (Wildman–Crippen LogP) is 3.70. The number of nitriles is 1. The lowest BCUT2D eigenvalue weighted by Gasteiger charge is -2.29. The van der Waals surface area contributed by atoms with E-state index in [1.165, 1.54) is 6.42 Å². The number of ether oxygens (including phenoxy) is 1. The summed E-state index contributed by atoms with van der Waals surface area (Å²) in [6, 6.07) is 11.8. The van der Waals surface area contributed by atoms with E-state index in [0.717, 1.165) is 48.2 Å². The van der Waals surface area contributed by atoms with Gasteiger partial charge >= 0.3 is 5.97 Å². The lowest BCUT2D eigenvalue weighted by Crippen LogP contribution is -2.30. The van der Waals surface area contributed by atoms with Crippen molar-refractivity contribution >= 4 is 28.8 Å². The molecule has 0 atom stereocenters. The molecule has 2 heterocycles. The molecule has 5 heteroatoms. The van der Waals surface area contributed by atoms with E-state index >= 15 is 0 Å². The second-order valence-corrected chi connectivity index (χ2v) is 6.03. The molecule has 0 bridgehead atoms. The molecule has 5 nitrogen and oxygen atoms in total. The van der Waals surface area contributed by atoms with E-state index in [-0.39, 0.29) is 12.2 Å². The molecule has 1 fully saturated rings. The number of esters is 1. The number of anilines is 1. The summed E-state index contributed by atoms with van der Waals surface area (Å²) in [6.45, 7) is 3.84. The van der Waals surface area contributed by atoms with Crippen molar-refractivity contribution in [3.8, 4) is 6.07 Å². The summed E-state index contributed by atoms with van der Waals surface area (Å²) >= 11 is 0. The van der Waals surface area contributed by atoms with Gasteiger partial charge in [-0.3, -0.25) is 0 Å². The minimum Gasteiger partial charge on any atom is -0.462 e. The van der Waals surface area contributed by atoms with Crippen molar-refractivity contribution in [3.05, 3.63) is 41.5 Å². The summed E-state index contributed by atoms with van der Waals surface area (Å²) < 4.78 is 4.98. The van der Waals surface area contributed by atoms with Gasteiger partial charge in [0.2, 0.25) is 0 Å². The zero-order chi connectivity index (χ0) is 17.6. The summed E-state index contributed by atoms with van der Waals surface area (Å²) in [7, 11) is 0. The molecule has 1 aliphatic rings. The van der Waals surface area contributed by atoms with E-state index in [9.17, 15) is 10.1 Å². The highest BCUT2D eigenvalue weighted by atomic mass is 16.5. The van der Waals surface area contributed by atoms with Crippen LogP contribution < -0.4 is 4.90 Å². The fourth-order valence-corrected chi connectivity index (χ4v) is 3.09. The van der Waals surface area contributed by atoms with Gasteiger partial charge in [-0.25, -0.2) is 9.78 Å². The van der Waals surface area contributed by atoms with E-state index in [4.69, 9.17) is 9.72 Å². The first-order valence-corrected chi connectivity index (χ1v) is 8.66. The number of pyridine rings is 1. The smallest absolute Gasteiger partial charge is 0.348 e. The van der Waals surface area contributed by atoms with Crippen LogP contribution in [0.3, 0.4) is 0 Å². The van der Waals surface area contributed by atoms with Gasteiger partial charge in [0, 0.05) is 24.0 Å². The zero-order valence-corrected chi connectivity index (χ0v) is 14.4. The molecule has 0 saturated carbocycles. The molecular formula is C20H21N3O2. The third kappa shape index (κ3) is 3.80. The van der Waals surface area contributed by atoms with Gasteiger partial charge in [0.05, 0.1) is 12.1 Å². The van der Waals surface area contributed by atoms with E-state index in [2.05, 4.69) is 4.90 Å². The number of carbonyl (C=O) groups is 1. The summed E-state index contributed by atoms with van der Waals surface area (Å²) in [5, 5.41) is 10.3. The van der Waals surface area contributed by atoms with Crippen molar-refractivity contribution in [2.24, 2.45) is 0 Å². The molecule has 2 aromatic rings. The number of benzene rings is 1. The maximum Gasteiger partial charge on any atom is 0.348 e. The van der Waals surface area contributed by atoms with Crippen LogP contribution in [0.1, 0.15) is 31.7 Å². The molecule has 0 amide bonds. The average Bonchev–Trinajstić information content (AvgIpc) is 2.66. The Balaban J connectivity index is 2.10. The lowest BCUT2D eigenvalue weighted by molar-refractivity contribution is -0.137. The van der Waals surface area contributed by atoms with Crippen LogP contribution in [0.25, 0.3) is 17.0 Å². The molecule has 0 aliphatic carbocycles. The zero-order valence-electron chi connectivity index (χ0n) is 14.4. The molecule has 1 aliphatic heterocycles. The van der Waals surface area contributed by atoms with Crippen LogP contribution in [0.4, 0.5) is 5.82 Å². The summed E-state index contributed by atoms with van der Waals surface area (Å²) in [5.41, 5.74) is 1.69. The topological polar surface area (TPSA) is 66.2 Å². The fourth-order valence-electron chi connectivity index (χ4n) is 3.09. The van der Waals surface area contributed by atoms with Crippen molar-refractivity contribution in [1.29, 1.82) is 5.26 Å². The van der Waals surface area contributed by atoms with Gasteiger partial charge in [0.15, 0.2) is 0 Å². The number of hydrogen-bond donors (Lipinski definition) is 0. The Hall–Kier alpha value is -2.87. The van der Waals surface area contributed by atoms with E-state index < -0.39 is 5.97 Å². The van der Waals surface area contributed by atoms with Gasteiger partial charge < -0.3 is 9.64 Å². The molecule has 0 N–H and O–H groups in total. The highest BCUT2D eigenvalue weighted by molar-refractivity contribution is 5.99. The van der Waals surface area contributed by atoms with E-state index in [0.29, 0.717) is 0 Å². The first-order valence-electron chi connectivity index (χ1n) is 8.66. The Morgan fingerprint density at radius 1 is 1.32 bits per heavy atom. The van der Waals surface area contributed by atoms with Gasteiger partial charge in [0.25, 0.3) is 0 Å². The molecule has 1 aromatic carbocycles. The van der Waals surface area contributed by atoms with Crippen LogP contribution in [-0.2, 0) is 9.53 Å². The second-order valence-electron chi connectivity index (χ2n) is 6.03. The standard InChI is InChI=1S/C20H21N3O2/c1-2-25-20(24)17(14-21)13-16-12-15-8-4-5-9-18(15)22-19(16)23-10-6-3-7-11-23/h4-5,8-9,12-13H,2-3,6-7,10-11H2,1H3. The predicted molar refractivity (Wildman–Crippen MR) is 98.0 cm³/mol. The highest BCUT2D eigenvalue weighted by Gasteiger charge is 2.18. The van der Waals surface area contributed by atoms with E-state index in [1.54, 1.807) is 13.0 Å². The number of aromatic nitrogens is 1. The third-order valence-corrected chi connectivity index (χ3v) is 4.30. The second kappa shape index (κ2) is 7.80. The fraction of sp³-hybridized carbons (Fsp3) is 0.350. The van der Waals surface area contributed by atoms with Crippen molar-refractivity contribution in [2.75, 3.05) is 24.6 Å². The van der Waals surface area contributed by atoms with Crippen LogP contribution >= 0.6 is 0 Å². The molecule has 0 radical (unpaired) electrons. The summed E-state index contributed by atoms with van der Waals surface area (Å²) in [5.74, 6) is 0.234. The maximum absolute atomic E-state index is 12.0. The Labute approximate surface area is 147 Å². The number of nitrogens with zero attached hydrogens (tertiary/aromatic N) is 3. The monoisotopic (exact) mass is 335 g/mol. The van der Waals surface area contributed by atoms with Gasteiger partial charge in [-0.15, -0.1) is 0 Å². The molecule has 1 saturated heterocycles. The van der Waals surface area contributed by atoms with Gasteiger partial charge in [0.1, 0.15) is 17.5 Å². The van der Waals surface area contributed by atoms with Gasteiger partial charge in [-0.2, -0.15) is 5.26 Å². The Bertz CT molecular complexity index is 846. The Morgan fingerprint density at radius 3 is 2.80 bits per heavy atom.